The lowest BCUT2D eigenvalue weighted by Crippen LogP contribution is -1.95. The second-order valence-electron chi connectivity index (χ2n) is 24.0. The summed E-state index contributed by atoms with van der Waals surface area (Å²) in [5, 5.41) is 12.6. The van der Waals surface area contributed by atoms with E-state index in [-0.39, 0.29) is 0 Å². The molecular weight excluding hydrogens is 1110 g/mol. The molecule has 0 atom stereocenters. The van der Waals surface area contributed by atoms with Gasteiger partial charge in [0.15, 0.2) is 0 Å². The van der Waals surface area contributed by atoms with Gasteiger partial charge in [-0.1, -0.05) is 237 Å². The lowest BCUT2D eigenvalue weighted by Gasteiger charge is -2.12. The van der Waals surface area contributed by atoms with E-state index in [1.807, 2.05) is 0 Å². The van der Waals surface area contributed by atoms with Gasteiger partial charge in [0.05, 0.1) is 49.8 Å². The number of fused-ring (bicyclic) bond motifs is 13. The second-order valence-corrected chi connectivity index (χ2v) is 24.0. The van der Waals surface area contributed by atoms with E-state index in [0.29, 0.717) is 0 Å². The van der Waals surface area contributed by atoms with E-state index in [4.69, 9.17) is 0 Å². The Bertz CT molecular complexity index is 5820. The van der Waals surface area contributed by atoms with Crippen LogP contribution in [0.4, 0.5) is 0 Å². The molecule has 19 aromatic rings. The summed E-state index contributed by atoms with van der Waals surface area (Å²) >= 11 is 0. The van der Waals surface area contributed by atoms with Crippen molar-refractivity contribution >= 4 is 98.0 Å². The number of aromatic nitrogens is 4. The summed E-state index contributed by atoms with van der Waals surface area (Å²) in [7, 11) is 0. The highest BCUT2D eigenvalue weighted by Gasteiger charge is 2.20. The maximum Gasteiger partial charge on any atom is 0.0541 e. The molecule has 0 bridgehead atoms. The topological polar surface area (TPSA) is 19.7 Å². The minimum absolute atomic E-state index is 1.16. The molecule has 0 fully saturated rings. The Morgan fingerprint density at radius 2 is 0.402 bits per heavy atom. The fourth-order valence-electron chi connectivity index (χ4n) is 14.6. The van der Waals surface area contributed by atoms with E-state index in [9.17, 15) is 0 Å². The summed E-state index contributed by atoms with van der Waals surface area (Å²) in [5.41, 5.74) is 24.2. The van der Waals surface area contributed by atoms with E-state index in [0.717, 1.165) is 11.4 Å². The van der Waals surface area contributed by atoms with E-state index < -0.39 is 0 Å². The molecule has 0 aliphatic carbocycles. The van der Waals surface area contributed by atoms with E-state index in [2.05, 4.69) is 370 Å². The summed E-state index contributed by atoms with van der Waals surface area (Å²) < 4.78 is 9.58. The first-order valence-electron chi connectivity index (χ1n) is 31.6. The second kappa shape index (κ2) is 21.8. The van der Waals surface area contributed by atoms with Crippen molar-refractivity contribution in [3.05, 3.63) is 352 Å². The van der Waals surface area contributed by atoms with Crippen molar-refractivity contribution in [1.29, 1.82) is 0 Å². The van der Waals surface area contributed by atoms with E-state index in [1.54, 1.807) is 0 Å². The van der Waals surface area contributed by atoms with Crippen LogP contribution in [0, 0.1) is 0 Å². The minimum Gasteiger partial charge on any atom is -0.309 e. The van der Waals surface area contributed by atoms with Crippen molar-refractivity contribution in [2.24, 2.45) is 0 Å². The zero-order valence-corrected chi connectivity index (χ0v) is 50.3. The molecule has 0 N–H and O–H groups in total. The van der Waals surface area contributed by atoms with E-state index in [1.165, 1.54) is 154 Å². The average Bonchev–Trinajstić information content (AvgIpc) is 1.61. The van der Waals surface area contributed by atoms with Crippen LogP contribution in [0.3, 0.4) is 0 Å². The smallest absolute Gasteiger partial charge is 0.0541 e. The lowest BCUT2D eigenvalue weighted by atomic mass is 10.0. The highest BCUT2D eigenvalue weighted by Crippen LogP contribution is 2.42. The minimum atomic E-state index is 1.16. The Morgan fingerprint density at radius 3 is 0.793 bits per heavy atom. The molecule has 0 saturated carbocycles. The van der Waals surface area contributed by atoms with Crippen molar-refractivity contribution in [1.82, 2.24) is 18.3 Å². The summed E-state index contributed by atoms with van der Waals surface area (Å²) in [4.78, 5) is 0. The van der Waals surface area contributed by atoms with Crippen LogP contribution in [0.15, 0.2) is 352 Å². The highest BCUT2D eigenvalue weighted by atomic mass is 15.0. The van der Waals surface area contributed by atoms with Gasteiger partial charge in [-0.25, -0.2) is 0 Å². The van der Waals surface area contributed by atoms with Crippen LogP contribution in [-0.2, 0) is 0 Å². The number of hydrogen-bond acceptors (Lipinski definition) is 0. The van der Waals surface area contributed by atoms with Gasteiger partial charge < -0.3 is 18.3 Å². The number of para-hydroxylation sites is 5. The van der Waals surface area contributed by atoms with Gasteiger partial charge in [0, 0.05) is 65.5 Å². The standard InChI is InChI=1S/C48H32N2.C40H26N2/c1-3-11-33(12-4-1)35-19-25-39(26-20-35)49-45-17-9-7-15-41(45)43-31-37(23-29-47(43)49)38-24-30-48-44(32-38)42-16-8-10-18-46(42)50(48)40-27-21-36(22-28-40)34-13-5-2-6-14-34;1-2-13-30(14-3-1)41-37-18-8-6-16-32(37)34-25-28(21-23-39(34)41)29-22-24-40-35(26-29)33-17-7-9-19-38(33)42(40)36-20-10-12-27-11-4-5-15-31(27)36/h1-32H;1-26H. The summed E-state index contributed by atoms with van der Waals surface area (Å²) in [5.74, 6) is 0. The van der Waals surface area contributed by atoms with Gasteiger partial charge in [-0.15, -0.1) is 0 Å². The molecule has 0 spiro atoms. The van der Waals surface area contributed by atoms with Crippen LogP contribution < -0.4 is 0 Å². The molecule has 4 heterocycles. The summed E-state index contributed by atoms with van der Waals surface area (Å²) in [6, 6.07) is 128. The quantitative estimate of drug-likeness (QED) is 0.144. The molecule has 15 aromatic carbocycles. The molecule has 0 aliphatic rings. The first-order chi connectivity index (χ1) is 45.6. The molecule has 430 valence electrons. The Labute approximate surface area is 532 Å². The van der Waals surface area contributed by atoms with Gasteiger partial charge in [0.2, 0.25) is 0 Å². The molecule has 4 nitrogen and oxygen atoms in total. The molecule has 4 aromatic heterocycles. The van der Waals surface area contributed by atoms with Crippen molar-refractivity contribution in [3.63, 3.8) is 0 Å². The predicted octanol–water partition coefficient (Wildman–Crippen LogP) is 23.6. The molecule has 0 amide bonds. The van der Waals surface area contributed by atoms with Crippen LogP contribution in [0.1, 0.15) is 0 Å². The van der Waals surface area contributed by atoms with Gasteiger partial charge in [0.1, 0.15) is 0 Å². The van der Waals surface area contributed by atoms with Crippen LogP contribution in [-0.4, -0.2) is 18.3 Å². The van der Waals surface area contributed by atoms with Crippen molar-refractivity contribution in [2.75, 3.05) is 0 Å². The van der Waals surface area contributed by atoms with Gasteiger partial charge >= 0.3 is 0 Å². The SMILES string of the molecule is c1ccc(-c2ccc(-n3c4ccccc4c4cc(-c5ccc6c(c5)c5ccccc5n6-c5ccc(-c6ccccc6)cc5)ccc43)cc2)cc1.c1ccc(-n2c3ccccc3c3cc(-c4ccc5c(c4)c4ccccc4n5-c4cccc5ccccc45)ccc32)cc1. The van der Waals surface area contributed by atoms with Crippen molar-refractivity contribution < 1.29 is 0 Å². The van der Waals surface area contributed by atoms with Gasteiger partial charge in [-0.05, 0) is 165 Å². The Hall–Kier alpha value is -12.2. The fourth-order valence-corrected chi connectivity index (χ4v) is 14.6. The summed E-state index contributed by atoms with van der Waals surface area (Å²) in [6.07, 6.45) is 0. The first-order valence-corrected chi connectivity index (χ1v) is 31.6. The third kappa shape index (κ3) is 8.76. The molecule has 0 aliphatic heterocycles. The molecule has 4 heteroatoms. The molecule has 19 rings (SSSR count). The zero-order valence-electron chi connectivity index (χ0n) is 50.3. The third-order valence-corrected chi connectivity index (χ3v) is 18.8. The summed E-state index contributed by atoms with van der Waals surface area (Å²) in [6.45, 7) is 0. The highest BCUT2D eigenvalue weighted by molar-refractivity contribution is 6.15. The Morgan fingerprint density at radius 1 is 0.141 bits per heavy atom. The zero-order chi connectivity index (χ0) is 60.6. The first kappa shape index (κ1) is 52.8. The molecular formula is C88H58N4. The van der Waals surface area contributed by atoms with Crippen LogP contribution in [0.5, 0.6) is 0 Å². The molecule has 0 saturated heterocycles. The average molecular weight is 1170 g/mol. The van der Waals surface area contributed by atoms with Crippen LogP contribution >= 0.6 is 0 Å². The normalized spacial score (nSPS) is 11.7. The number of nitrogens with zero attached hydrogens (tertiary/aromatic N) is 4. The number of benzene rings is 15. The van der Waals surface area contributed by atoms with Gasteiger partial charge in [-0.2, -0.15) is 0 Å². The van der Waals surface area contributed by atoms with Crippen molar-refractivity contribution in [2.45, 2.75) is 0 Å². The van der Waals surface area contributed by atoms with Crippen LogP contribution in [0.2, 0.25) is 0 Å². The Kier molecular flexibility index (Phi) is 12.5. The maximum atomic E-state index is 2.42. The van der Waals surface area contributed by atoms with Crippen molar-refractivity contribution in [3.8, 4) is 67.3 Å². The fraction of sp³-hybridized carbons (Fsp3) is 0. The largest absolute Gasteiger partial charge is 0.309 e. The van der Waals surface area contributed by atoms with Gasteiger partial charge in [-0.3, -0.25) is 0 Å². The maximum absolute atomic E-state index is 2.42. The third-order valence-electron chi connectivity index (χ3n) is 18.8. The predicted molar refractivity (Wildman–Crippen MR) is 389 cm³/mol. The Balaban J connectivity index is 0.000000138. The lowest BCUT2D eigenvalue weighted by molar-refractivity contribution is 1.18. The number of rotatable bonds is 8. The van der Waals surface area contributed by atoms with Crippen LogP contribution in [0.25, 0.3) is 165 Å². The molecule has 0 unspecified atom stereocenters. The molecule has 92 heavy (non-hydrogen) atoms. The molecule has 0 radical (unpaired) electrons. The van der Waals surface area contributed by atoms with E-state index >= 15 is 0 Å². The van der Waals surface area contributed by atoms with Gasteiger partial charge in [0.25, 0.3) is 0 Å². The monoisotopic (exact) mass is 1170 g/mol. The number of hydrogen-bond donors (Lipinski definition) is 0.